The molecule has 0 spiro atoms. The normalized spacial score (nSPS) is 12.5. The zero-order valence-corrected chi connectivity index (χ0v) is 17.6. The Morgan fingerprint density at radius 2 is 2.15 bits per heavy atom. The van der Waals surface area contributed by atoms with Crippen LogP contribution in [0.3, 0.4) is 0 Å². The van der Waals surface area contributed by atoms with E-state index in [2.05, 4.69) is 25.9 Å². The summed E-state index contributed by atoms with van der Waals surface area (Å²) in [4.78, 5) is 21.5. The number of nitrogens with zero attached hydrogens (tertiary/aromatic N) is 4. The van der Waals surface area contributed by atoms with E-state index in [0.717, 1.165) is 53.1 Å². The highest BCUT2D eigenvalue weighted by molar-refractivity contribution is 7.13. The van der Waals surface area contributed by atoms with Crippen LogP contribution in [0.2, 0.25) is 0 Å². The number of rotatable bonds is 7. The quantitative estimate of drug-likeness (QED) is 0.573. The molecule has 1 amide bonds. The first-order valence-corrected chi connectivity index (χ1v) is 10.5. The Labute approximate surface area is 165 Å². The van der Waals surface area contributed by atoms with Crippen LogP contribution in [-0.2, 0) is 7.05 Å². The molecule has 5 nitrogen and oxygen atoms in total. The van der Waals surface area contributed by atoms with E-state index in [0.29, 0.717) is 5.56 Å². The summed E-state index contributed by atoms with van der Waals surface area (Å²) in [5, 5.41) is 7.43. The fourth-order valence-electron chi connectivity index (χ4n) is 3.39. The van der Waals surface area contributed by atoms with Crippen molar-refractivity contribution in [2.75, 3.05) is 6.54 Å². The molecule has 3 heterocycles. The number of unbranched alkanes of at least 4 members (excludes halogenated alkanes) is 1. The lowest BCUT2D eigenvalue weighted by atomic mass is 10.1. The molecule has 3 aromatic heterocycles. The minimum absolute atomic E-state index is 0.0825. The highest BCUT2D eigenvalue weighted by Gasteiger charge is 2.25. The molecule has 144 valence electrons. The van der Waals surface area contributed by atoms with Gasteiger partial charge in [-0.2, -0.15) is 5.10 Å². The fraction of sp³-hybridized carbons (Fsp3) is 0.476. The minimum atomic E-state index is 0.0825. The monoisotopic (exact) mass is 384 g/mol. The number of carbonyl (C=O) groups is 1. The van der Waals surface area contributed by atoms with Crippen molar-refractivity contribution >= 4 is 28.3 Å². The zero-order valence-electron chi connectivity index (χ0n) is 16.8. The Morgan fingerprint density at radius 1 is 1.37 bits per heavy atom. The van der Waals surface area contributed by atoms with Gasteiger partial charge in [-0.1, -0.05) is 26.3 Å². The molecule has 1 unspecified atom stereocenters. The van der Waals surface area contributed by atoms with Gasteiger partial charge in [-0.3, -0.25) is 9.48 Å². The Bertz CT molecular complexity index is 929. The van der Waals surface area contributed by atoms with E-state index in [-0.39, 0.29) is 11.9 Å². The van der Waals surface area contributed by atoms with Gasteiger partial charge < -0.3 is 4.90 Å². The summed E-state index contributed by atoms with van der Waals surface area (Å²) in [7, 11) is 1.89. The molecule has 0 radical (unpaired) electrons. The van der Waals surface area contributed by atoms with Crippen molar-refractivity contribution in [2.45, 2.75) is 53.0 Å². The Hall–Kier alpha value is -2.21. The fourth-order valence-corrected chi connectivity index (χ4v) is 4.08. The maximum absolute atomic E-state index is 13.6. The minimum Gasteiger partial charge on any atom is -0.336 e. The first-order valence-electron chi connectivity index (χ1n) is 9.67. The van der Waals surface area contributed by atoms with E-state index < -0.39 is 0 Å². The van der Waals surface area contributed by atoms with Crippen LogP contribution in [0.25, 0.3) is 21.6 Å². The summed E-state index contributed by atoms with van der Waals surface area (Å²) in [6.45, 7) is 9.14. The van der Waals surface area contributed by atoms with Gasteiger partial charge in [0.2, 0.25) is 0 Å². The van der Waals surface area contributed by atoms with Gasteiger partial charge in [0.1, 0.15) is 0 Å². The van der Waals surface area contributed by atoms with Crippen LogP contribution in [0.1, 0.15) is 56.1 Å². The molecule has 0 aliphatic heterocycles. The van der Waals surface area contributed by atoms with Crippen LogP contribution in [-0.4, -0.2) is 38.2 Å². The Morgan fingerprint density at radius 3 is 2.78 bits per heavy atom. The first kappa shape index (κ1) is 19.5. The van der Waals surface area contributed by atoms with Crippen molar-refractivity contribution in [3.05, 3.63) is 34.8 Å². The number of thiophene rings is 1. The molecule has 0 aromatic carbocycles. The molecule has 3 aromatic rings. The molecule has 27 heavy (non-hydrogen) atoms. The molecule has 0 N–H and O–H groups in total. The van der Waals surface area contributed by atoms with E-state index in [1.807, 2.05) is 42.5 Å². The second-order valence-corrected chi connectivity index (χ2v) is 8.00. The molecule has 0 aliphatic carbocycles. The third-order valence-electron chi connectivity index (χ3n) is 5.11. The van der Waals surface area contributed by atoms with E-state index in [1.165, 1.54) is 0 Å². The summed E-state index contributed by atoms with van der Waals surface area (Å²) < 4.78 is 1.78. The smallest absolute Gasteiger partial charge is 0.254 e. The average Bonchev–Trinajstić information content (AvgIpc) is 3.29. The topological polar surface area (TPSA) is 51.0 Å². The molecule has 0 saturated heterocycles. The van der Waals surface area contributed by atoms with Gasteiger partial charge in [-0.05, 0) is 44.2 Å². The van der Waals surface area contributed by atoms with E-state index in [1.54, 1.807) is 16.0 Å². The van der Waals surface area contributed by atoms with Crippen LogP contribution in [0.4, 0.5) is 0 Å². The van der Waals surface area contributed by atoms with Crippen LogP contribution in [0, 0.1) is 6.92 Å². The molecular formula is C21H28N4OS. The van der Waals surface area contributed by atoms with Gasteiger partial charge in [0.25, 0.3) is 5.91 Å². The van der Waals surface area contributed by atoms with E-state index in [4.69, 9.17) is 4.98 Å². The van der Waals surface area contributed by atoms with Crippen LogP contribution >= 0.6 is 11.3 Å². The highest BCUT2D eigenvalue weighted by atomic mass is 32.1. The number of amides is 1. The Balaban J connectivity index is 2.17. The SMILES string of the molecule is CCCCN(C(=O)c1cc(-c2cccs2)nc2c1c(C)nn2C)C(C)CC. The van der Waals surface area contributed by atoms with Crippen molar-refractivity contribution in [3.63, 3.8) is 0 Å². The van der Waals surface area contributed by atoms with Crippen molar-refractivity contribution < 1.29 is 4.79 Å². The molecule has 0 bridgehead atoms. The number of aromatic nitrogens is 3. The number of carbonyl (C=O) groups excluding carboxylic acids is 1. The van der Waals surface area contributed by atoms with Crippen molar-refractivity contribution in [1.29, 1.82) is 0 Å². The lowest BCUT2D eigenvalue weighted by Gasteiger charge is -2.29. The van der Waals surface area contributed by atoms with Gasteiger partial charge in [0.15, 0.2) is 5.65 Å². The summed E-state index contributed by atoms with van der Waals surface area (Å²) in [5.74, 6) is 0.0825. The lowest BCUT2D eigenvalue weighted by Crippen LogP contribution is -2.39. The summed E-state index contributed by atoms with van der Waals surface area (Å²) in [6, 6.07) is 6.20. The standard InChI is InChI=1S/C21H28N4OS/c1-6-8-11-25(14(3)7-2)21(26)16-13-17(18-10-9-12-27-18)22-20-19(16)15(4)23-24(20)5/h9-10,12-14H,6-8,11H2,1-5H3. The summed E-state index contributed by atoms with van der Waals surface area (Å²) in [6.07, 6.45) is 3.01. The second kappa shape index (κ2) is 8.21. The van der Waals surface area contributed by atoms with Gasteiger partial charge in [0, 0.05) is 19.6 Å². The van der Waals surface area contributed by atoms with Crippen molar-refractivity contribution in [3.8, 4) is 10.6 Å². The predicted molar refractivity (Wildman–Crippen MR) is 112 cm³/mol. The third-order valence-corrected chi connectivity index (χ3v) is 6.00. The maximum Gasteiger partial charge on any atom is 0.254 e. The number of aryl methyl sites for hydroxylation is 2. The van der Waals surface area contributed by atoms with E-state index >= 15 is 0 Å². The molecular weight excluding hydrogens is 356 g/mol. The van der Waals surface area contributed by atoms with Gasteiger partial charge >= 0.3 is 0 Å². The van der Waals surface area contributed by atoms with Gasteiger partial charge in [-0.25, -0.2) is 4.98 Å². The van der Waals surface area contributed by atoms with Crippen molar-refractivity contribution in [1.82, 2.24) is 19.7 Å². The summed E-state index contributed by atoms with van der Waals surface area (Å²) in [5.41, 5.74) is 3.16. The number of pyridine rings is 1. The van der Waals surface area contributed by atoms with E-state index in [9.17, 15) is 4.79 Å². The Kier molecular flexibility index (Phi) is 5.95. The molecule has 3 rings (SSSR count). The maximum atomic E-state index is 13.6. The van der Waals surface area contributed by atoms with Crippen LogP contribution in [0.5, 0.6) is 0 Å². The first-order chi connectivity index (χ1) is 13.0. The molecule has 0 fully saturated rings. The zero-order chi connectivity index (χ0) is 19.6. The lowest BCUT2D eigenvalue weighted by molar-refractivity contribution is 0.0687. The molecule has 0 saturated carbocycles. The third kappa shape index (κ3) is 3.76. The van der Waals surface area contributed by atoms with Gasteiger partial charge in [0.05, 0.1) is 27.2 Å². The number of hydrogen-bond donors (Lipinski definition) is 0. The predicted octanol–water partition coefficient (Wildman–Crippen LogP) is 5.05. The van der Waals surface area contributed by atoms with Crippen LogP contribution < -0.4 is 0 Å². The molecule has 1 atom stereocenters. The molecule has 6 heteroatoms. The average molecular weight is 385 g/mol. The summed E-state index contributed by atoms with van der Waals surface area (Å²) >= 11 is 1.63. The molecule has 0 aliphatic rings. The largest absolute Gasteiger partial charge is 0.336 e. The second-order valence-electron chi connectivity index (χ2n) is 7.05. The van der Waals surface area contributed by atoms with Gasteiger partial charge in [-0.15, -0.1) is 11.3 Å². The van der Waals surface area contributed by atoms with Crippen LogP contribution in [0.15, 0.2) is 23.6 Å². The number of fused-ring (bicyclic) bond motifs is 1. The highest BCUT2D eigenvalue weighted by Crippen LogP contribution is 2.30. The number of hydrogen-bond acceptors (Lipinski definition) is 4. The van der Waals surface area contributed by atoms with Crippen molar-refractivity contribution in [2.24, 2.45) is 7.05 Å².